The summed E-state index contributed by atoms with van der Waals surface area (Å²) in [5, 5.41) is 10.4. The van der Waals surface area contributed by atoms with Crippen molar-refractivity contribution in [1.29, 1.82) is 0 Å². The van der Waals surface area contributed by atoms with Crippen molar-refractivity contribution in [3.8, 4) is 0 Å². The van der Waals surface area contributed by atoms with E-state index in [9.17, 15) is 18.0 Å². The van der Waals surface area contributed by atoms with E-state index in [1.807, 2.05) is 0 Å². The minimum atomic E-state index is -3.67. The SMILES string of the molecule is CC(C)S(=O)(=O)c1ncccc1Nc1nc(Nc2cccc(NC(=O)CNC(=O)OC(C)(C)C)c2)ncc1Cl. The first-order valence-electron chi connectivity index (χ1n) is 11.9. The predicted octanol–water partition coefficient (Wildman–Crippen LogP) is 4.66. The summed E-state index contributed by atoms with van der Waals surface area (Å²) in [5.74, 6) is -0.120. The smallest absolute Gasteiger partial charge is 0.408 e. The van der Waals surface area contributed by atoms with Crippen LogP contribution in [0, 0.1) is 0 Å². The molecule has 0 aliphatic heterocycles. The molecule has 39 heavy (non-hydrogen) atoms. The van der Waals surface area contributed by atoms with Gasteiger partial charge in [0, 0.05) is 17.6 Å². The average molecular weight is 576 g/mol. The van der Waals surface area contributed by atoms with Gasteiger partial charge in [-0.05, 0) is 65.0 Å². The van der Waals surface area contributed by atoms with E-state index in [1.54, 1.807) is 71.0 Å². The summed E-state index contributed by atoms with van der Waals surface area (Å²) in [6, 6.07) is 9.91. The van der Waals surface area contributed by atoms with Crippen LogP contribution in [0.4, 0.5) is 33.6 Å². The molecule has 0 saturated carbocycles. The summed E-state index contributed by atoms with van der Waals surface area (Å²) in [6.45, 7) is 8.04. The van der Waals surface area contributed by atoms with Crippen LogP contribution in [0.25, 0.3) is 0 Å². The fourth-order valence-corrected chi connectivity index (χ4v) is 4.27. The molecule has 3 rings (SSSR count). The lowest BCUT2D eigenvalue weighted by Crippen LogP contribution is -2.37. The zero-order valence-electron chi connectivity index (χ0n) is 22.1. The molecule has 2 amide bonds. The average Bonchev–Trinajstić information content (AvgIpc) is 2.84. The highest BCUT2D eigenvalue weighted by atomic mass is 35.5. The van der Waals surface area contributed by atoms with Gasteiger partial charge >= 0.3 is 6.09 Å². The van der Waals surface area contributed by atoms with Gasteiger partial charge in [-0.15, -0.1) is 0 Å². The second kappa shape index (κ2) is 12.3. The van der Waals surface area contributed by atoms with Gasteiger partial charge in [-0.1, -0.05) is 17.7 Å². The third-order valence-corrected chi connectivity index (χ3v) is 7.24. The number of carbonyl (C=O) groups is 2. The number of rotatable bonds is 9. The Hall–Kier alpha value is -3.97. The molecule has 0 spiro atoms. The second-order valence-electron chi connectivity index (χ2n) is 9.57. The van der Waals surface area contributed by atoms with Gasteiger partial charge in [0.15, 0.2) is 20.7 Å². The number of nitrogens with zero attached hydrogens (tertiary/aromatic N) is 3. The normalized spacial score (nSPS) is 11.6. The van der Waals surface area contributed by atoms with E-state index in [2.05, 4.69) is 36.2 Å². The maximum Gasteiger partial charge on any atom is 0.408 e. The van der Waals surface area contributed by atoms with E-state index >= 15 is 0 Å². The Morgan fingerprint density at radius 3 is 2.46 bits per heavy atom. The van der Waals surface area contributed by atoms with Gasteiger partial charge in [0.1, 0.15) is 17.2 Å². The fourth-order valence-electron chi connectivity index (χ4n) is 3.05. The van der Waals surface area contributed by atoms with E-state index in [-0.39, 0.29) is 34.0 Å². The minimum Gasteiger partial charge on any atom is -0.444 e. The van der Waals surface area contributed by atoms with Crippen molar-refractivity contribution in [2.24, 2.45) is 0 Å². The number of amides is 2. The van der Waals surface area contributed by atoms with Crippen LogP contribution in [-0.2, 0) is 19.4 Å². The molecule has 12 nitrogen and oxygen atoms in total. The van der Waals surface area contributed by atoms with E-state index in [0.717, 1.165) is 0 Å². The van der Waals surface area contributed by atoms with Crippen molar-refractivity contribution in [1.82, 2.24) is 20.3 Å². The molecule has 2 heterocycles. The van der Waals surface area contributed by atoms with Crippen LogP contribution in [0.5, 0.6) is 0 Å². The quantitative estimate of drug-likeness (QED) is 0.282. The van der Waals surface area contributed by atoms with Gasteiger partial charge in [-0.2, -0.15) is 4.98 Å². The minimum absolute atomic E-state index is 0.117. The van der Waals surface area contributed by atoms with Gasteiger partial charge in [-0.3, -0.25) is 4.79 Å². The number of aromatic nitrogens is 3. The zero-order valence-corrected chi connectivity index (χ0v) is 23.6. The predicted molar refractivity (Wildman–Crippen MR) is 149 cm³/mol. The number of pyridine rings is 1. The molecule has 2 aromatic heterocycles. The highest BCUT2D eigenvalue weighted by Crippen LogP contribution is 2.29. The Balaban J connectivity index is 1.71. The zero-order chi connectivity index (χ0) is 28.8. The molecular weight excluding hydrogens is 546 g/mol. The molecule has 4 N–H and O–H groups in total. The third-order valence-electron chi connectivity index (χ3n) is 4.85. The number of nitrogens with one attached hydrogen (secondary N) is 4. The molecular formula is C25H30ClN7O5S. The molecule has 0 aliphatic carbocycles. The van der Waals surface area contributed by atoms with Crippen LogP contribution in [0.3, 0.4) is 0 Å². The van der Waals surface area contributed by atoms with Crippen molar-refractivity contribution in [3.05, 3.63) is 53.8 Å². The summed E-state index contributed by atoms with van der Waals surface area (Å²) in [7, 11) is -3.67. The Morgan fingerprint density at radius 2 is 1.77 bits per heavy atom. The number of anilines is 5. The first kappa shape index (κ1) is 29.6. The van der Waals surface area contributed by atoms with Crippen molar-refractivity contribution in [2.75, 3.05) is 22.5 Å². The molecule has 0 unspecified atom stereocenters. The van der Waals surface area contributed by atoms with Crippen molar-refractivity contribution in [2.45, 2.75) is 50.5 Å². The van der Waals surface area contributed by atoms with E-state index in [1.165, 1.54) is 12.4 Å². The number of sulfone groups is 1. The van der Waals surface area contributed by atoms with E-state index < -0.39 is 32.7 Å². The number of benzene rings is 1. The van der Waals surface area contributed by atoms with Crippen LogP contribution >= 0.6 is 11.6 Å². The monoisotopic (exact) mass is 575 g/mol. The Bertz CT molecular complexity index is 1460. The van der Waals surface area contributed by atoms with Crippen LogP contribution in [-0.4, -0.2) is 52.8 Å². The Kier molecular flexibility index (Phi) is 9.30. The summed E-state index contributed by atoms with van der Waals surface area (Å²) >= 11 is 6.28. The first-order chi connectivity index (χ1) is 18.2. The largest absolute Gasteiger partial charge is 0.444 e. The molecule has 0 atom stereocenters. The maximum absolute atomic E-state index is 12.7. The summed E-state index contributed by atoms with van der Waals surface area (Å²) < 4.78 is 30.6. The number of alkyl carbamates (subject to hydrolysis) is 1. The molecule has 1 aromatic carbocycles. The molecule has 0 aliphatic rings. The first-order valence-corrected chi connectivity index (χ1v) is 13.8. The summed E-state index contributed by atoms with van der Waals surface area (Å²) in [4.78, 5) is 36.6. The van der Waals surface area contributed by atoms with Crippen LogP contribution in [0.15, 0.2) is 53.8 Å². The highest BCUT2D eigenvalue weighted by Gasteiger charge is 2.25. The van der Waals surface area contributed by atoms with E-state index in [4.69, 9.17) is 16.3 Å². The van der Waals surface area contributed by atoms with Gasteiger partial charge in [0.25, 0.3) is 0 Å². The van der Waals surface area contributed by atoms with Gasteiger partial charge in [0.05, 0.1) is 17.1 Å². The van der Waals surface area contributed by atoms with Gasteiger partial charge in [0.2, 0.25) is 11.9 Å². The lowest BCUT2D eigenvalue weighted by molar-refractivity contribution is -0.115. The number of hydrogen-bond donors (Lipinski definition) is 4. The maximum atomic E-state index is 12.7. The molecule has 14 heteroatoms. The fraction of sp³-hybridized carbons (Fsp3) is 0.320. The Morgan fingerprint density at radius 1 is 1.05 bits per heavy atom. The van der Waals surface area contributed by atoms with Crippen LogP contribution in [0.1, 0.15) is 34.6 Å². The highest BCUT2D eigenvalue weighted by molar-refractivity contribution is 7.92. The topological polar surface area (TPSA) is 164 Å². The molecule has 0 fully saturated rings. The third kappa shape index (κ3) is 8.52. The van der Waals surface area contributed by atoms with Crippen molar-refractivity contribution in [3.63, 3.8) is 0 Å². The standard InChI is InChI=1S/C25H30ClN7O5S/c1-15(2)39(36,37)22-19(10-7-11-27-22)32-21-18(26)13-28-23(33-21)31-17-9-6-8-16(12-17)30-20(34)14-29-24(35)38-25(3,4)5/h6-13,15H,14H2,1-5H3,(H,29,35)(H,30,34)(H2,28,31,32,33). The van der Waals surface area contributed by atoms with Gasteiger partial charge in [-0.25, -0.2) is 23.2 Å². The van der Waals surface area contributed by atoms with Crippen molar-refractivity contribution >= 4 is 62.3 Å². The van der Waals surface area contributed by atoms with Gasteiger partial charge < -0.3 is 26.0 Å². The molecule has 0 radical (unpaired) electrons. The molecule has 0 bridgehead atoms. The Labute approximate surface area is 231 Å². The summed E-state index contributed by atoms with van der Waals surface area (Å²) in [6.07, 6.45) is 2.06. The number of ether oxygens (including phenoxy) is 1. The number of carbonyl (C=O) groups excluding carboxylic acids is 2. The van der Waals surface area contributed by atoms with Crippen LogP contribution < -0.4 is 21.3 Å². The molecule has 0 saturated heterocycles. The number of halogens is 1. The van der Waals surface area contributed by atoms with E-state index in [0.29, 0.717) is 11.4 Å². The summed E-state index contributed by atoms with van der Waals surface area (Å²) in [5.41, 5.74) is 0.557. The second-order valence-corrected chi connectivity index (χ2v) is 12.4. The lowest BCUT2D eigenvalue weighted by Gasteiger charge is -2.19. The molecule has 3 aromatic rings. The van der Waals surface area contributed by atoms with Crippen molar-refractivity contribution < 1.29 is 22.7 Å². The lowest BCUT2D eigenvalue weighted by atomic mass is 10.2. The number of hydrogen-bond acceptors (Lipinski definition) is 10. The molecule has 208 valence electrons. The van der Waals surface area contributed by atoms with Crippen LogP contribution in [0.2, 0.25) is 5.02 Å².